The van der Waals surface area contributed by atoms with E-state index >= 15 is 0 Å². The molecular weight excluding hydrogens is 210 g/mol. The van der Waals surface area contributed by atoms with Gasteiger partial charge in [-0.05, 0) is 25.7 Å². The Morgan fingerprint density at radius 1 is 1.62 bits per heavy atom. The summed E-state index contributed by atoms with van der Waals surface area (Å²) in [4.78, 5) is 24.1. The van der Waals surface area contributed by atoms with Crippen molar-refractivity contribution in [3.63, 3.8) is 0 Å². The Balaban J connectivity index is 2.41. The average molecular weight is 229 g/mol. The molecule has 6 heteroatoms. The summed E-state index contributed by atoms with van der Waals surface area (Å²) in [5, 5.41) is 11.2. The second-order valence-corrected chi connectivity index (χ2v) is 4.18. The zero-order valence-electron chi connectivity index (χ0n) is 9.48. The van der Waals surface area contributed by atoms with Gasteiger partial charge >= 0.3 is 6.03 Å². The second kappa shape index (κ2) is 5.69. The molecule has 0 aromatic heterocycles. The van der Waals surface area contributed by atoms with Crippen LogP contribution < -0.4 is 11.1 Å². The third-order valence-corrected chi connectivity index (χ3v) is 2.86. The van der Waals surface area contributed by atoms with Crippen LogP contribution in [0.4, 0.5) is 4.79 Å². The second-order valence-electron chi connectivity index (χ2n) is 4.18. The van der Waals surface area contributed by atoms with Gasteiger partial charge in [-0.1, -0.05) is 0 Å². The molecule has 0 radical (unpaired) electrons. The van der Waals surface area contributed by atoms with Crippen LogP contribution in [0.15, 0.2) is 0 Å². The molecule has 6 nitrogen and oxygen atoms in total. The lowest BCUT2D eigenvalue weighted by Gasteiger charge is -2.21. The molecule has 1 rings (SSSR count). The molecule has 0 aliphatic carbocycles. The molecule has 0 spiro atoms. The van der Waals surface area contributed by atoms with Gasteiger partial charge < -0.3 is 21.1 Å². The van der Waals surface area contributed by atoms with Crippen molar-refractivity contribution in [1.29, 1.82) is 0 Å². The van der Waals surface area contributed by atoms with Crippen LogP contribution in [0.2, 0.25) is 0 Å². The average Bonchev–Trinajstić information content (AvgIpc) is 2.64. The van der Waals surface area contributed by atoms with Gasteiger partial charge in [0.05, 0.1) is 0 Å². The van der Waals surface area contributed by atoms with Crippen LogP contribution in [-0.4, -0.2) is 47.7 Å². The fourth-order valence-corrected chi connectivity index (χ4v) is 2.00. The Hall–Kier alpha value is -1.30. The largest absolute Gasteiger partial charge is 0.396 e. The van der Waals surface area contributed by atoms with Crippen LogP contribution in [-0.2, 0) is 4.79 Å². The lowest BCUT2D eigenvalue weighted by atomic mass is 10.1. The summed E-state index contributed by atoms with van der Waals surface area (Å²) in [6, 6.07) is -1.27. The fraction of sp³-hybridized carbons (Fsp3) is 0.800. The van der Waals surface area contributed by atoms with Crippen molar-refractivity contribution in [3.8, 4) is 0 Å². The summed E-state index contributed by atoms with van der Waals surface area (Å²) in [5.74, 6) is 0.258. The number of carbonyl (C=O) groups is 2. The third-order valence-electron chi connectivity index (χ3n) is 2.86. The van der Waals surface area contributed by atoms with E-state index in [-0.39, 0.29) is 12.5 Å². The highest BCUT2D eigenvalue weighted by molar-refractivity contribution is 5.86. The van der Waals surface area contributed by atoms with Crippen LogP contribution in [0.1, 0.15) is 19.8 Å². The number of rotatable bonds is 4. The molecule has 16 heavy (non-hydrogen) atoms. The molecule has 4 N–H and O–H groups in total. The van der Waals surface area contributed by atoms with Crippen LogP contribution in [0.25, 0.3) is 0 Å². The number of amides is 3. The standard InChI is InChI=1S/C10H19N3O3/c1-7(12-10(11)16)9(15)13-4-2-8(6-13)3-5-14/h7-8,14H,2-6H2,1H3,(H3,11,12,16). The maximum atomic E-state index is 11.8. The van der Waals surface area contributed by atoms with Crippen molar-refractivity contribution in [1.82, 2.24) is 10.2 Å². The number of aliphatic hydroxyl groups excluding tert-OH is 1. The molecule has 0 aromatic rings. The van der Waals surface area contributed by atoms with E-state index in [1.54, 1.807) is 11.8 Å². The monoisotopic (exact) mass is 229 g/mol. The van der Waals surface area contributed by atoms with Crippen molar-refractivity contribution in [2.45, 2.75) is 25.8 Å². The van der Waals surface area contributed by atoms with Crippen LogP contribution in [0.3, 0.4) is 0 Å². The minimum absolute atomic E-state index is 0.112. The highest BCUT2D eigenvalue weighted by atomic mass is 16.3. The summed E-state index contributed by atoms with van der Waals surface area (Å²) in [6.07, 6.45) is 1.64. The van der Waals surface area contributed by atoms with Crippen LogP contribution >= 0.6 is 0 Å². The molecule has 3 amide bonds. The van der Waals surface area contributed by atoms with Crippen molar-refractivity contribution in [2.24, 2.45) is 11.7 Å². The quantitative estimate of drug-likeness (QED) is 0.593. The molecule has 0 saturated carbocycles. The third kappa shape index (κ3) is 3.37. The summed E-state index contributed by atoms with van der Waals surface area (Å²) >= 11 is 0. The Morgan fingerprint density at radius 3 is 2.88 bits per heavy atom. The molecular formula is C10H19N3O3. The van der Waals surface area contributed by atoms with Gasteiger partial charge in [0, 0.05) is 19.7 Å². The molecule has 0 bridgehead atoms. The lowest BCUT2D eigenvalue weighted by molar-refractivity contribution is -0.131. The van der Waals surface area contributed by atoms with Crippen molar-refractivity contribution in [2.75, 3.05) is 19.7 Å². The van der Waals surface area contributed by atoms with Gasteiger partial charge in [-0.25, -0.2) is 4.79 Å². The number of nitrogens with one attached hydrogen (secondary N) is 1. The first-order chi connectivity index (χ1) is 7.54. The number of nitrogens with two attached hydrogens (primary N) is 1. The Bertz CT molecular complexity index is 270. The molecule has 0 aromatic carbocycles. The van der Waals surface area contributed by atoms with Crippen molar-refractivity contribution < 1.29 is 14.7 Å². The molecule has 92 valence electrons. The first-order valence-electron chi connectivity index (χ1n) is 5.50. The van der Waals surface area contributed by atoms with Crippen LogP contribution in [0, 0.1) is 5.92 Å². The summed E-state index contributed by atoms with van der Waals surface area (Å²) in [5.41, 5.74) is 4.95. The van der Waals surface area contributed by atoms with Gasteiger partial charge in [-0.2, -0.15) is 0 Å². The Labute approximate surface area is 94.8 Å². The zero-order valence-corrected chi connectivity index (χ0v) is 9.48. The molecule has 2 unspecified atom stereocenters. The van der Waals surface area contributed by atoms with Crippen LogP contribution in [0.5, 0.6) is 0 Å². The number of carbonyl (C=O) groups excluding carboxylic acids is 2. The summed E-state index contributed by atoms with van der Waals surface area (Å²) in [6.45, 7) is 3.12. The number of primary amides is 1. The molecule has 1 aliphatic rings. The normalized spacial score (nSPS) is 21.9. The van der Waals surface area contributed by atoms with E-state index in [0.717, 1.165) is 12.8 Å². The predicted octanol–water partition coefficient (Wildman–Crippen LogP) is -0.726. The van der Waals surface area contributed by atoms with Gasteiger partial charge in [-0.15, -0.1) is 0 Å². The summed E-state index contributed by atoms with van der Waals surface area (Å²) in [7, 11) is 0. The van der Waals surface area contributed by atoms with E-state index in [4.69, 9.17) is 10.8 Å². The highest BCUT2D eigenvalue weighted by Crippen LogP contribution is 2.19. The lowest BCUT2D eigenvalue weighted by Crippen LogP contribution is -2.47. The first-order valence-corrected chi connectivity index (χ1v) is 5.50. The summed E-state index contributed by atoms with van der Waals surface area (Å²) < 4.78 is 0. The number of hydrogen-bond donors (Lipinski definition) is 3. The Kier molecular flexibility index (Phi) is 4.54. The SMILES string of the molecule is CC(NC(N)=O)C(=O)N1CCC(CCO)C1. The van der Waals surface area contributed by atoms with E-state index in [9.17, 15) is 9.59 Å². The van der Waals surface area contributed by atoms with Gasteiger partial charge in [0.2, 0.25) is 5.91 Å². The van der Waals surface area contributed by atoms with E-state index < -0.39 is 12.1 Å². The molecule has 2 atom stereocenters. The van der Waals surface area contributed by atoms with Gasteiger partial charge in [0.25, 0.3) is 0 Å². The van der Waals surface area contributed by atoms with E-state index in [0.29, 0.717) is 19.0 Å². The maximum absolute atomic E-state index is 11.8. The van der Waals surface area contributed by atoms with Crippen molar-refractivity contribution in [3.05, 3.63) is 0 Å². The molecule has 1 fully saturated rings. The van der Waals surface area contributed by atoms with Gasteiger partial charge in [0.15, 0.2) is 0 Å². The molecule has 1 saturated heterocycles. The van der Waals surface area contributed by atoms with E-state index in [1.807, 2.05) is 0 Å². The fourth-order valence-electron chi connectivity index (χ4n) is 2.00. The number of urea groups is 1. The molecule has 1 aliphatic heterocycles. The number of hydrogen-bond acceptors (Lipinski definition) is 3. The van der Waals surface area contributed by atoms with Gasteiger partial charge in [-0.3, -0.25) is 4.79 Å². The number of aliphatic hydroxyl groups is 1. The molecule has 1 heterocycles. The van der Waals surface area contributed by atoms with E-state index in [1.165, 1.54) is 0 Å². The maximum Gasteiger partial charge on any atom is 0.312 e. The Morgan fingerprint density at radius 2 is 2.31 bits per heavy atom. The minimum atomic E-state index is -0.688. The van der Waals surface area contributed by atoms with Crippen molar-refractivity contribution >= 4 is 11.9 Å². The topological polar surface area (TPSA) is 95.7 Å². The van der Waals surface area contributed by atoms with E-state index in [2.05, 4.69) is 5.32 Å². The zero-order chi connectivity index (χ0) is 12.1. The number of likely N-dealkylation sites (tertiary alicyclic amines) is 1. The smallest absolute Gasteiger partial charge is 0.312 e. The van der Waals surface area contributed by atoms with Gasteiger partial charge in [0.1, 0.15) is 6.04 Å². The number of nitrogens with zero attached hydrogens (tertiary/aromatic N) is 1. The highest BCUT2D eigenvalue weighted by Gasteiger charge is 2.28. The predicted molar refractivity (Wildman–Crippen MR) is 58.6 cm³/mol. The minimum Gasteiger partial charge on any atom is -0.396 e. The first kappa shape index (κ1) is 12.8.